The van der Waals surface area contributed by atoms with E-state index in [4.69, 9.17) is 0 Å². The van der Waals surface area contributed by atoms with Gasteiger partial charge in [-0.15, -0.1) is 11.8 Å². The van der Waals surface area contributed by atoms with Crippen molar-refractivity contribution in [2.75, 3.05) is 0 Å². The molecule has 1 N–H and O–H groups in total. The van der Waals surface area contributed by atoms with E-state index in [1.165, 1.54) is 4.40 Å². The van der Waals surface area contributed by atoms with Crippen molar-refractivity contribution in [3.8, 4) is 0 Å². The molecule has 0 aliphatic rings. The molecule has 0 atom stereocenters. The predicted molar refractivity (Wildman–Crippen MR) is 56.5 cm³/mol. The van der Waals surface area contributed by atoms with Crippen LogP contribution in [0.4, 0.5) is 0 Å². The number of halogens is 1. The number of hydrogen-bond donors (Lipinski definition) is 1. The zero-order valence-electron chi connectivity index (χ0n) is 7.12. The second-order valence-electron chi connectivity index (χ2n) is 2.44. The zero-order chi connectivity index (χ0) is 9.42. The first-order valence-corrected chi connectivity index (χ1v) is 4.59. The molecular weight excluding hydrogens is 370 g/mol. The predicted octanol–water partition coefficient (Wildman–Crippen LogP) is 0.962. The molecule has 0 aliphatic carbocycles. The molecule has 4 nitrogen and oxygen atoms in total. The van der Waals surface area contributed by atoms with Gasteiger partial charge in [0.15, 0.2) is 0 Å². The maximum Gasteiger partial charge on any atom is 0.328 e. The zero-order valence-corrected chi connectivity index (χ0v) is 12.1. The second-order valence-corrected chi connectivity index (χ2v) is 3.54. The van der Waals surface area contributed by atoms with Crippen LogP contribution in [0, 0.1) is 9.78 Å². The molecule has 2 heterocycles. The summed E-state index contributed by atoms with van der Waals surface area (Å²) in [5.41, 5.74) is 0.948. The molecule has 0 saturated carbocycles. The number of aromatic nitrogens is 3. The van der Waals surface area contributed by atoms with Crippen molar-refractivity contribution in [1.29, 1.82) is 0 Å². The average molecular weight is 375 g/mol. The molecule has 0 spiro atoms. The van der Waals surface area contributed by atoms with Crippen LogP contribution in [-0.2, 0) is 32.7 Å². The first-order chi connectivity index (χ1) is 6.22. The van der Waals surface area contributed by atoms with Gasteiger partial charge < -0.3 is 4.98 Å². The van der Waals surface area contributed by atoms with E-state index in [1.807, 2.05) is 22.6 Å². The topological polar surface area (TPSA) is 50.2 Å². The summed E-state index contributed by atoms with van der Waals surface area (Å²) in [5.74, 6) is 0. The molecule has 0 aromatic carbocycles. The summed E-state index contributed by atoms with van der Waals surface area (Å²) >= 11 is 2.05. The second kappa shape index (κ2) is 4.68. The minimum absolute atomic E-state index is 0. The fraction of sp³-hybridized carbons (Fsp3) is 0. The van der Waals surface area contributed by atoms with Crippen molar-refractivity contribution in [2.45, 2.75) is 0 Å². The minimum atomic E-state index is -0.217. The standard InChI is InChI=1S/C8H5IN3O.Y/c1-2-5-3-7-10-4-6(9)12(7)8(13)11-5;/h3-4H,1H2,(H,11,13);/q-1;. The van der Waals surface area contributed by atoms with Crippen LogP contribution in [0.1, 0.15) is 5.69 Å². The number of H-pyrrole nitrogens is 1. The Bertz CT molecular complexity index is 531. The minimum Gasteiger partial charge on any atom is -0.342 e. The summed E-state index contributed by atoms with van der Waals surface area (Å²) < 4.78 is 2.27. The van der Waals surface area contributed by atoms with Gasteiger partial charge in [0, 0.05) is 32.7 Å². The normalized spacial score (nSPS) is 9.79. The third-order valence-corrected chi connectivity index (χ3v) is 2.42. The van der Waals surface area contributed by atoms with Crippen LogP contribution < -0.4 is 5.69 Å². The summed E-state index contributed by atoms with van der Waals surface area (Å²) in [6, 6.07) is 1.72. The van der Waals surface area contributed by atoms with Gasteiger partial charge in [0.25, 0.3) is 0 Å². The Balaban J connectivity index is 0.000000980. The smallest absolute Gasteiger partial charge is 0.328 e. The Labute approximate surface area is 119 Å². The van der Waals surface area contributed by atoms with Gasteiger partial charge in [0.2, 0.25) is 0 Å². The quantitative estimate of drug-likeness (QED) is 0.597. The van der Waals surface area contributed by atoms with Crippen molar-refractivity contribution < 1.29 is 32.7 Å². The maximum absolute atomic E-state index is 11.4. The van der Waals surface area contributed by atoms with E-state index >= 15 is 0 Å². The SMILES string of the molecule is C=[C-]c1cc2ncc(I)n2c(=O)[nH]1.[Y]. The largest absolute Gasteiger partial charge is 0.342 e. The van der Waals surface area contributed by atoms with Gasteiger partial charge in [0.05, 0.1) is 11.8 Å². The number of hydrogen-bond acceptors (Lipinski definition) is 2. The summed E-state index contributed by atoms with van der Waals surface area (Å²) in [4.78, 5) is 18.1. The van der Waals surface area contributed by atoms with Crippen molar-refractivity contribution in [3.05, 3.63) is 44.8 Å². The van der Waals surface area contributed by atoms with E-state index in [2.05, 4.69) is 22.6 Å². The summed E-state index contributed by atoms with van der Waals surface area (Å²) in [6.45, 7) is 3.45. The number of imidazole rings is 1. The molecule has 14 heavy (non-hydrogen) atoms. The molecule has 0 saturated heterocycles. The van der Waals surface area contributed by atoms with Crippen LogP contribution in [0.2, 0.25) is 0 Å². The van der Waals surface area contributed by atoms with E-state index in [0.29, 0.717) is 11.3 Å². The monoisotopic (exact) mass is 375 g/mol. The molecule has 0 unspecified atom stereocenters. The van der Waals surface area contributed by atoms with Gasteiger partial charge in [-0.1, -0.05) is 0 Å². The van der Waals surface area contributed by atoms with E-state index < -0.39 is 0 Å². The van der Waals surface area contributed by atoms with Gasteiger partial charge in [-0.2, -0.15) is 6.58 Å². The average Bonchev–Trinajstić information content (AvgIpc) is 2.48. The molecule has 0 fully saturated rings. The third kappa shape index (κ3) is 1.99. The van der Waals surface area contributed by atoms with Crippen LogP contribution in [0.5, 0.6) is 0 Å². The molecule has 2 aromatic rings. The first kappa shape index (κ1) is 12.1. The number of fused-ring (bicyclic) bond motifs is 1. The first-order valence-electron chi connectivity index (χ1n) is 3.52. The molecule has 1 radical (unpaired) electrons. The van der Waals surface area contributed by atoms with Crippen molar-refractivity contribution in [1.82, 2.24) is 14.4 Å². The molecule has 2 rings (SSSR count). The van der Waals surface area contributed by atoms with E-state index in [9.17, 15) is 4.79 Å². The van der Waals surface area contributed by atoms with Crippen LogP contribution in [0.3, 0.4) is 0 Å². The van der Waals surface area contributed by atoms with Crippen molar-refractivity contribution in [3.63, 3.8) is 0 Å². The Kier molecular flexibility index (Phi) is 4.03. The van der Waals surface area contributed by atoms with Gasteiger partial charge in [-0.3, -0.25) is 9.38 Å². The third-order valence-electron chi connectivity index (χ3n) is 1.65. The Hall–Kier alpha value is -0.00610. The molecule has 2 aromatic heterocycles. The van der Waals surface area contributed by atoms with Gasteiger partial charge >= 0.3 is 5.69 Å². The van der Waals surface area contributed by atoms with E-state index in [-0.39, 0.29) is 38.4 Å². The van der Waals surface area contributed by atoms with E-state index in [1.54, 1.807) is 12.3 Å². The molecule has 0 amide bonds. The summed E-state index contributed by atoms with van der Waals surface area (Å²) in [6.07, 6.45) is 4.24. The molecular formula is C8H5IN3OY-. The van der Waals surface area contributed by atoms with Crippen LogP contribution in [0.25, 0.3) is 5.65 Å². The van der Waals surface area contributed by atoms with Crippen LogP contribution >= 0.6 is 22.6 Å². The fourth-order valence-corrected chi connectivity index (χ4v) is 1.68. The number of nitrogens with one attached hydrogen (secondary N) is 1. The van der Waals surface area contributed by atoms with Crippen molar-refractivity contribution >= 4 is 28.2 Å². The molecule has 0 bridgehead atoms. The number of aromatic amines is 1. The Morgan fingerprint density at radius 3 is 3.00 bits per heavy atom. The Morgan fingerprint density at radius 1 is 1.64 bits per heavy atom. The van der Waals surface area contributed by atoms with Gasteiger partial charge in [-0.05, 0) is 22.6 Å². The van der Waals surface area contributed by atoms with E-state index in [0.717, 1.165) is 3.70 Å². The number of rotatable bonds is 1. The maximum atomic E-state index is 11.4. The molecule has 69 valence electrons. The summed E-state index contributed by atoms with van der Waals surface area (Å²) in [5, 5.41) is 0. The number of nitrogens with zero attached hydrogens (tertiary/aromatic N) is 2. The fourth-order valence-electron chi connectivity index (χ4n) is 1.08. The van der Waals surface area contributed by atoms with Crippen molar-refractivity contribution in [2.24, 2.45) is 0 Å². The van der Waals surface area contributed by atoms with Gasteiger partial charge in [-0.25, -0.2) is 10.9 Å². The summed E-state index contributed by atoms with van der Waals surface area (Å²) in [7, 11) is 0. The molecule has 6 heteroatoms. The van der Waals surface area contributed by atoms with Crippen LogP contribution in [0.15, 0.2) is 23.6 Å². The van der Waals surface area contributed by atoms with Crippen LogP contribution in [-0.4, -0.2) is 14.4 Å². The Morgan fingerprint density at radius 2 is 2.36 bits per heavy atom. The molecule has 0 aliphatic heterocycles. The van der Waals surface area contributed by atoms with Gasteiger partial charge in [0.1, 0.15) is 3.70 Å².